The first-order valence-corrected chi connectivity index (χ1v) is 8.62. The number of aromatic nitrogens is 1. The molecular weight excluding hydrogens is 258 g/mol. The Labute approximate surface area is 130 Å². The van der Waals surface area contributed by atoms with Crippen LogP contribution in [0.25, 0.3) is 0 Å². The molecular formula is C18H31N3. The Bertz CT molecular complexity index is 422. The standard InChI is InChI=1S/C18H31N3/c1-4-13-19-14-16-11-12-18(20-15(16)2)21(3)17-9-7-5-6-8-10-17/h11-12,17,19H,4-10,13-14H2,1-3H3. The molecule has 0 aliphatic heterocycles. The number of nitrogens with one attached hydrogen (secondary N) is 1. The van der Waals surface area contributed by atoms with E-state index in [1.807, 2.05) is 0 Å². The van der Waals surface area contributed by atoms with Crippen molar-refractivity contribution in [2.75, 3.05) is 18.5 Å². The molecule has 1 aliphatic carbocycles. The molecule has 0 unspecified atom stereocenters. The molecule has 0 amide bonds. The third kappa shape index (κ3) is 4.70. The minimum absolute atomic E-state index is 0.670. The van der Waals surface area contributed by atoms with Crippen molar-refractivity contribution in [3.05, 3.63) is 23.4 Å². The van der Waals surface area contributed by atoms with E-state index in [1.54, 1.807) is 0 Å². The summed E-state index contributed by atoms with van der Waals surface area (Å²) in [5, 5.41) is 3.46. The zero-order valence-electron chi connectivity index (χ0n) is 14.0. The first-order chi connectivity index (χ1) is 10.2. The van der Waals surface area contributed by atoms with Crippen LogP contribution in [0.5, 0.6) is 0 Å². The van der Waals surface area contributed by atoms with E-state index in [9.17, 15) is 0 Å². The monoisotopic (exact) mass is 289 g/mol. The summed E-state index contributed by atoms with van der Waals surface area (Å²) in [6.45, 7) is 6.33. The van der Waals surface area contributed by atoms with Gasteiger partial charge in [-0.25, -0.2) is 4.98 Å². The smallest absolute Gasteiger partial charge is 0.128 e. The maximum absolute atomic E-state index is 4.84. The summed E-state index contributed by atoms with van der Waals surface area (Å²) in [4.78, 5) is 7.25. The SMILES string of the molecule is CCCNCc1ccc(N(C)C2CCCCCC2)nc1C. The molecule has 1 aliphatic rings. The quantitative estimate of drug-likeness (QED) is 0.632. The van der Waals surface area contributed by atoms with E-state index in [4.69, 9.17) is 4.98 Å². The lowest BCUT2D eigenvalue weighted by atomic mass is 10.1. The van der Waals surface area contributed by atoms with Crippen LogP contribution in [0.3, 0.4) is 0 Å². The Balaban J connectivity index is 2.00. The average molecular weight is 289 g/mol. The molecule has 1 fully saturated rings. The molecule has 2 rings (SSSR count). The topological polar surface area (TPSA) is 28.2 Å². The molecule has 1 aromatic rings. The second-order valence-electron chi connectivity index (χ2n) is 6.35. The van der Waals surface area contributed by atoms with Crippen LogP contribution in [0.15, 0.2) is 12.1 Å². The highest BCUT2D eigenvalue weighted by atomic mass is 15.2. The van der Waals surface area contributed by atoms with Crippen molar-refractivity contribution in [3.63, 3.8) is 0 Å². The lowest BCUT2D eigenvalue weighted by Gasteiger charge is -2.28. The summed E-state index contributed by atoms with van der Waals surface area (Å²) in [6.07, 6.45) is 9.35. The van der Waals surface area contributed by atoms with Crippen molar-refractivity contribution >= 4 is 5.82 Å². The fourth-order valence-corrected chi connectivity index (χ4v) is 3.19. The van der Waals surface area contributed by atoms with Gasteiger partial charge in [0.25, 0.3) is 0 Å². The molecule has 118 valence electrons. The van der Waals surface area contributed by atoms with Crippen molar-refractivity contribution < 1.29 is 0 Å². The van der Waals surface area contributed by atoms with Crippen LogP contribution in [0, 0.1) is 6.92 Å². The first-order valence-electron chi connectivity index (χ1n) is 8.62. The van der Waals surface area contributed by atoms with E-state index >= 15 is 0 Å². The summed E-state index contributed by atoms with van der Waals surface area (Å²) in [6, 6.07) is 5.11. The van der Waals surface area contributed by atoms with Crippen LogP contribution in [0.1, 0.15) is 63.1 Å². The van der Waals surface area contributed by atoms with Crippen LogP contribution in [-0.4, -0.2) is 24.6 Å². The summed E-state index contributed by atoms with van der Waals surface area (Å²) in [7, 11) is 2.22. The third-order valence-corrected chi connectivity index (χ3v) is 4.66. The van der Waals surface area contributed by atoms with E-state index < -0.39 is 0 Å². The number of rotatable bonds is 6. The van der Waals surface area contributed by atoms with Gasteiger partial charge in [0.15, 0.2) is 0 Å². The molecule has 1 N–H and O–H groups in total. The molecule has 1 aromatic heterocycles. The molecule has 0 bridgehead atoms. The predicted octanol–water partition coefficient (Wildman–Crippen LogP) is 4.05. The van der Waals surface area contributed by atoms with Crippen LogP contribution in [0.2, 0.25) is 0 Å². The lowest BCUT2D eigenvalue weighted by molar-refractivity contribution is 0.548. The second kappa shape index (κ2) is 8.38. The number of hydrogen-bond acceptors (Lipinski definition) is 3. The van der Waals surface area contributed by atoms with Crippen LogP contribution < -0.4 is 10.2 Å². The Morgan fingerprint density at radius 3 is 2.52 bits per heavy atom. The minimum atomic E-state index is 0.670. The fraction of sp³-hybridized carbons (Fsp3) is 0.722. The van der Waals surface area contributed by atoms with Gasteiger partial charge in [-0.1, -0.05) is 38.7 Å². The van der Waals surface area contributed by atoms with E-state index in [-0.39, 0.29) is 0 Å². The van der Waals surface area contributed by atoms with Crippen LogP contribution in [-0.2, 0) is 6.54 Å². The highest BCUT2D eigenvalue weighted by Gasteiger charge is 2.18. The van der Waals surface area contributed by atoms with Gasteiger partial charge in [-0.3, -0.25) is 0 Å². The molecule has 0 atom stereocenters. The maximum Gasteiger partial charge on any atom is 0.128 e. The fourth-order valence-electron chi connectivity index (χ4n) is 3.19. The maximum atomic E-state index is 4.84. The number of hydrogen-bond donors (Lipinski definition) is 1. The second-order valence-corrected chi connectivity index (χ2v) is 6.35. The first kappa shape index (κ1) is 16.3. The zero-order valence-corrected chi connectivity index (χ0v) is 14.0. The van der Waals surface area contributed by atoms with Gasteiger partial charge in [0.2, 0.25) is 0 Å². The molecule has 3 nitrogen and oxygen atoms in total. The Morgan fingerprint density at radius 2 is 1.90 bits per heavy atom. The molecule has 0 saturated heterocycles. The van der Waals surface area contributed by atoms with Gasteiger partial charge >= 0.3 is 0 Å². The Morgan fingerprint density at radius 1 is 1.19 bits per heavy atom. The van der Waals surface area contributed by atoms with Crippen molar-refractivity contribution in [2.24, 2.45) is 0 Å². The molecule has 3 heteroatoms. The molecule has 1 saturated carbocycles. The summed E-state index contributed by atoms with van der Waals surface area (Å²) in [5.41, 5.74) is 2.48. The van der Waals surface area contributed by atoms with Crippen molar-refractivity contribution in [2.45, 2.75) is 71.4 Å². The Kier molecular flexibility index (Phi) is 6.50. The minimum Gasteiger partial charge on any atom is -0.357 e. The number of anilines is 1. The zero-order chi connectivity index (χ0) is 15.1. The van der Waals surface area contributed by atoms with Gasteiger partial charge in [-0.2, -0.15) is 0 Å². The van der Waals surface area contributed by atoms with Crippen molar-refractivity contribution in [3.8, 4) is 0 Å². The molecule has 0 radical (unpaired) electrons. The van der Waals surface area contributed by atoms with Crippen molar-refractivity contribution in [1.29, 1.82) is 0 Å². The molecule has 0 spiro atoms. The van der Waals surface area contributed by atoms with E-state index in [0.29, 0.717) is 6.04 Å². The van der Waals surface area contributed by atoms with Crippen molar-refractivity contribution in [1.82, 2.24) is 10.3 Å². The van der Waals surface area contributed by atoms with Gasteiger partial charge in [0, 0.05) is 25.3 Å². The van der Waals surface area contributed by atoms with E-state index in [0.717, 1.165) is 24.6 Å². The van der Waals surface area contributed by atoms with E-state index in [1.165, 1.54) is 50.5 Å². The summed E-state index contributed by atoms with van der Waals surface area (Å²) in [5.74, 6) is 1.14. The molecule has 21 heavy (non-hydrogen) atoms. The lowest BCUT2D eigenvalue weighted by Crippen LogP contribution is -2.32. The van der Waals surface area contributed by atoms with Gasteiger partial charge in [-0.05, 0) is 44.4 Å². The van der Waals surface area contributed by atoms with Gasteiger partial charge in [0.1, 0.15) is 5.82 Å². The number of pyridine rings is 1. The normalized spacial score (nSPS) is 16.7. The van der Waals surface area contributed by atoms with Gasteiger partial charge in [0.05, 0.1) is 0 Å². The van der Waals surface area contributed by atoms with Gasteiger partial charge < -0.3 is 10.2 Å². The largest absolute Gasteiger partial charge is 0.357 e. The average Bonchev–Trinajstić information content (AvgIpc) is 2.77. The molecule has 1 heterocycles. The van der Waals surface area contributed by atoms with E-state index in [2.05, 4.69) is 43.2 Å². The van der Waals surface area contributed by atoms with Crippen LogP contribution >= 0.6 is 0 Å². The van der Waals surface area contributed by atoms with Crippen LogP contribution in [0.4, 0.5) is 5.82 Å². The number of nitrogens with zero attached hydrogens (tertiary/aromatic N) is 2. The number of aryl methyl sites for hydroxylation is 1. The predicted molar refractivity (Wildman–Crippen MR) is 90.9 cm³/mol. The Hall–Kier alpha value is -1.09. The molecule has 0 aromatic carbocycles. The highest BCUT2D eigenvalue weighted by Crippen LogP contribution is 2.25. The summed E-state index contributed by atoms with van der Waals surface area (Å²) < 4.78 is 0. The van der Waals surface area contributed by atoms with Gasteiger partial charge in [-0.15, -0.1) is 0 Å². The summed E-state index contributed by atoms with van der Waals surface area (Å²) >= 11 is 0. The third-order valence-electron chi connectivity index (χ3n) is 4.66. The highest BCUT2D eigenvalue weighted by molar-refractivity contribution is 5.42.